The smallest absolute Gasteiger partial charge is 0.203 e. The Labute approximate surface area is 233 Å². The van der Waals surface area contributed by atoms with Crippen LogP contribution in [-0.2, 0) is 21.8 Å². The van der Waals surface area contributed by atoms with Gasteiger partial charge in [0.15, 0.2) is 33.5 Å². The fourth-order valence-electron chi connectivity index (χ4n) is 5.71. The zero-order valence-corrected chi connectivity index (χ0v) is 23.9. The van der Waals surface area contributed by atoms with E-state index >= 15 is 0 Å². The first-order valence-corrected chi connectivity index (χ1v) is 16.6. The maximum absolute atomic E-state index is 6.47. The molecule has 0 aromatic heterocycles. The van der Waals surface area contributed by atoms with Crippen LogP contribution < -0.4 is 9.47 Å². The van der Waals surface area contributed by atoms with Crippen LogP contribution in [0.2, 0.25) is 0 Å². The quantitative estimate of drug-likeness (QED) is 0.197. The van der Waals surface area contributed by atoms with Crippen LogP contribution in [0, 0.1) is 0 Å². The van der Waals surface area contributed by atoms with Crippen molar-refractivity contribution < 1.29 is 9.47 Å². The van der Waals surface area contributed by atoms with Crippen LogP contribution in [0.4, 0.5) is 0 Å². The van der Waals surface area contributed by atoms with Gasteiger partial charge < -0.3 is 9.47 Å². The van der Waals surface area contributed by atoms with E-state index in [1.165, 1.54) is 58.1 Å². The summed E-state index contributed by atoms with van der Waals surface area (Å²) in [6, 6.07) is 35.1. The molecule has 4 heteroatoms. The SMILES string of the molecule is CCCC[C@@H]([C@H](CCCC)[S+]1c2ccccc2Oc2ccccc21)[S+]1c2ccccc2Oc2ccccc21. The maximum Gasteiger partial charge on any atom is 0.203 e. The molecule has 0 amide bonds. The molecule has 2 aliphatic heterocycles. The van der Waals surface area contributed by atoms with E-state index in [9.17, 15) is 0 Å². The molecule has 6 rings (SSSR count). The molecule has 0 saturated heterocycles. The summed E-state index contributed by atoms with van der Waals surface area (Å²) in [6.07, 6.45) is 7.31. The molecule has 0 unspecified atom stereocenters. The van der Waals surface area contributed by atoms with E-state index in [4.69, 9.17) is 9.47 Å². The van der Waals surface area contributed by atoms with Gasteiger partial charge in [-0.1, -0.05) is 75.2 Å². The predicted octanol–water partition coefficient (Wildman–Crippen LogP) is 9.79. The summed E-state index contributed by atoms with van der Waals surface area (Å²) in [5.74, 6) is 4.12. The molecule has 4 aromatic rings. The summed E-state index contributed by atoms with van der Waals surface area (Å²) in [4.78, 5) is 5.47. The Morgan fingerprint density at radius 1 is 0.474 bits per heavy atom. The van der Waals surface area contributed by atoms with Crippen LogP contribution in [0.5, 0.6) is 23.0 Å². The van der Waals surface area contributed by atoms with E-state index in [2.05, 4.69) is 111 Å². The van der Waals surface area contributed by atoms with E-state index in [0.29, 0.717) is 10.5 Å². The fraction of sp³-hybridized carbons (Fsp3) is 0.294. The summed E-state index contributed by atoms with van der Waals surface area (Å²) in [7, 11) is -0.163. The second-order valence-corrected chi connectivity index (χ2v) is 14.3. The highest BCUT2D eigenvalue weighted by Gasteiger charge is 2.55. The number of hydrogen-bond donors (Lipinski definition) is 0. The van der Waals surface area contributed by atoms with Gasteiger partial charge in [-0.05, 0) is 61.4 Å². The van der Waals surface area contributed by atoms with Crippen LogP contribution in [0.25, 0.3) is 0 Å². The first-order chi connectivity index (χ1) is 18.8. The van der Waals surface area contributed by atoms with Crippen LogP contribution in [-0.4, -0.2) is 10.5 Å². The molecule has 0 fully saturated rings. The van der Waals surface area contributed by atoms with Gasteiger partial charge >= 0.3 is 0 Å². The Bertz CT molecular complexity index is 1200. The van der Waals surface area contributed by atoms with Crippen molar-refractivity contribution in [3.8, 4) is 23.0 Å². The lowest BCUT2D eigenvalue weighted by Crippen LogP contribution is -2.42. The Kier molecular flexibility index (Phi) is 7.71. The summed E-state index contributed by atoms with van der Waals surface area (Å²) >= 11 is 0. The van der Waals surface area contributed by atoms with E-state index in [0.717, 1.165) is 23.0 Å². The number of para-hydroxylation sites is 4. The number of unbranched alkanes of at least 4 members (excludes halogenated alkanes) is 2. The minimum Gasteiger partial charge on any atom is -0.447 e. The topological polar surface area (TPSA) is 18.5 Å². The molecule has 0 N–H and O–H groups in total. The van der Waals surface area contributed by atoms with Crippen molar-refractivity contribution in [2.24, 2.45) is 0 Å². The highest BCUT2D eigenvalue weighted by atomic mass is 32.2. The molecular weight excluding hydrogens is 505 g/mol. The average molecular weight is 541 g/mol. The zero-order chi connectivity index (χ0) is 25.9. The fourth-order valence-corrected chi connectivity index (χ4v) is 12.0. The third kappa shape index (κ3) is 4.74. The normalized spacial score (nSPS) is 15.7. The molecular formula is C34H36O2S2+2. The minimum absolute atomic E-state index is 0.0815. The third-order valence-corrected chi connectivity index (χ3v) is 13.2. The van der Waals surface area contributed by atoms with Crippen molar-refractivity contribution in [1.29, 1.82) is 0 Å². The summed E-state index contributed by atoms with van der Waals surface area (Å²) < 4.78 is 12.9. The number of benzene rings is 4. The van der Waals surface area contributed by atoms with E-state index in [1.54, 1.807) is 0 Å². The molecule has 2 heterocycles. The van der Waals surface area contributed by atoms with Crippen LogP contribution in [0.3, 0.4) is 0 Å². The Hall–Kier alpha value is -2.82. The number of fused-ring (bicyclic) bond motifs is 4. The predicted molar refractivity (Wildman–Crippen MR) is 160 cm³/mol. The second-order valence-electron chi connectivity index (χ2n) is 10.0. The van der Waals surface area contributed by atoms with E-state index in [-0.39, 0.29) is 21.8 Å². The molecule has 0 radical (unpaired) electrons. The second kappa shape index (κ2) is 11.5. The first kappa shape index (κ1) is 25.5. The highest BCUT2D eigenvalue weighted by molar-refractivity contribution is 8.01. The summed E-state index contributed by atoms with van der Waals surface area (Å²) in [5.41, 5.74) is 0. The zero-order valence-electron chi connectivity index (χ0n) is 22.3. The van der Waals surface area contributed by atoms with Crippen LogP contribution in [0.15, 0.2) is 117 Å². The third-order valence-electron chi connectivity index (χ3n) is 7.49. The van der Waals surface area contributed by atoms with Gasteiger partial charge in [0.1, 0.15) is 0 Å². The van der Waals surface area contributed by atoms with Crippen molar-refractivity contribution >= 4 is 21.8 Å². The molecule has 194 valence electrons. The lowest BCUT2D eigenvalue weighted by molar-refractivity contribution is 0.448. The Morgan fingerprint density at radius 3 is 1.05 bits per heavy atom. The van der Waals surface area contributed by atoms with Gasteiger partial charge in [-0.2, -0.15) is 0 Å². The Morgan fingerprint density at radius 2 is 0.763 bits per heavy atom. The Balaban J connectivity index is 1.55. The van der Waals surface area contributed by atoms with Gasteiger partial charge in [0.25, 0.3) is 0 Å². The average Bonchev–Trinajstić information content (AvgIpc) is 2.97. The molecule has 0 saturated carbocycles. The lowest BCUT2D eigenvalue weighted by atomic mass is 10.1. The molecule has 2 aliphatic rings. The van der Waals surface area contributed by atoms with Gasteiger partial charge in [0.05, 0.1) is 21.8 Å². The maximum atomic E-state index is 6.47. The molecule has 2 atom stereocenters. The van der Waals surface area contributed by atoms with Crippen molar-refractivity contribution in [2.75, 3.05) is 0 Å². The largest absolute Gasteiger partial charge is 0.447 e. The number of ether oxygens (including phenoxy) is 2. The van der Waals surface area contributed by atoms with Crippen molar-refractivity contribution in [1.82, 2.24) is 0 Å². The van der Waals surface area contributed by atoms with Gasteiger partial charge in [-0.15, -0.1) is 0 Å². The molecule has 0 bridgehead atoms. The molecule has 0 aliphatic carbocycles. The van der Waals surface area contributed by atoms with Gasteiger partial charge in [0.2, 0.25) is 19.6 Å². The number of hydrogen-bond acceptors (Lipinski definition) is 2. The summed E-state index contributed by atoms with van der Waals surface area (Å²) in [5, 5.41) is 1.02. The number of rotatable bonds is 9. The monoisotopic (exact) mass is 540 g/mol. The van der Waals surface area contributed by atoms with Crippen molar-refractivity contribution in [3.05, 3.63) is 97.1 Å². The van der Waals surface area contributed by atoms with Crippen molar-refractivity contribution in [2.45, 2.75) is 82.5 Å². The molecule has 38 heavy (non-hydrogen) atoms. The van der Waals surface area contributed by atoms with Gasteiger partial charge in [0, 0.05) is 12.8 Å². The van der Waals surface area contributed by atoms with Gasteiger partial charge in [-0.25, -0.2) is 0 Å². The standard InChI is InChI=1S/C34H36O2S2/c1-3-5-19-33(37-29-21-11-7-15-25(29)35-26-16-8-12-22-30(26)37)34(20-6-4-2)38-31-23-13-9-17-27(31)36-28-18-10-14-24-32(28)38/h7-18,21-24,33-34H,3-6,19-20H2,1-2H3/q+2/t33-,34-/m0/s1. The summed E-state index contributed by atoms with van der Waals surface area (Å²) in [6.45, 7) is 4.66. The molecule has 4 aromatic carbocycles. The van der Waals surface area contributed by atoms with E-state index < -0.39 is 0 Å². The van der Waals surface area contributed by atoms with Crippen LogP contribution >= 0.6 is 0 Å². The van der Waals surface area contributed by atoms with Crippen molar-refractivity contribution in [3.63, 3.8) is 0 Å². The van der Waals surface area contributed by atoms with E-state index in [1.807, 2.05) is 0 Å². The molecule has 0 spiro atoms. The van der Waals surface area contributed by atoms with Gasteiger partial charge in [-0.3, -0.25) is 0 Å². The highest BCUT2D eigenvalue weighted by Crippen LogP contribution is 2.52. The first-order valence-electron chi connectivity index (χ1n) is 14.0. The minimum atomic E-state index is -0.0815. The lowest BCUT2D eigenvalue weighted by Gasteiger charge is -2.31. The van der Waals surface area contributed by atoms with Crippen LogP contribution in [0.1, 0.15) is 52.4 Å². The molecule has 2 nitrogen and oxygen atoms in total.